The predicted molar refractivity (Wildman–Crippen MR) is 99.4 cm³/mol. The number of anilines is 1. The Labute approximate surface area is 159 Å². The average Bonchev–Trinajstić information content (AvgIpc) is 2.65. The number of amides is 1. The van der Waals surface area contributed by atoms with Gasteiger partial charge in [0.1, 0.15) is 5.54 Å². The Bertz CT molecular complexity index is 854. The molecule has 0 heterocycles. The fourth-order valence-electron chi connectivity index (χ4n) is 3.15. The highest BCUT2D eigenvalue weighted by molar-refractivity contribution is 7.92. The van der Waals surface area contributed by atoms with E-state index in [0.29, 0.717) is 12.8 Å². The van der Waals surface area contributed by atoms with E-state index in [1.54, 1.807) is 19.2 Å². The Morgan fingerprint density at radius 3 is 2.48 bits per heavy atom. The van der Waals surface area contributed by atoms with Crippen LogP contribution in [0.15, 0.2) is 24.3 Å². The third kappa shape index (κ3) is 5.20. The van der Waals surface area contributed by atoms with Crippen LogP contribution in [0.3, 0.4) is 0 Å². The Morgan fingerprint density at radius 2 is 1.89 bits per heavy atom. The lowest BCUT2D eigenvalue weighted by molar-refractivity contribution is -0.138. The number of carbonyl (C=O) groups excluding carboxylic acids is 2. The van der Waals surface area contributed by atoms with Gasteiger partial charge in [-0.25, -0.2) is 13.2 Å². The van der Waals surface area contributed by atoms with E-state index in [1.165, 1.54) is 17.0 Å². The van der Waals surface area contributed by atoms with Gasteiger partial charge < -0.3 is 9.64 Å². The Morgan fingerprint density at radius 1 is 1.26 bits per heavy atom. The maximum atomic E-state index is 12.4. The van der Waals surface area contributed by atoms with Gasteiger partial charge in [-0.05, 0) is 25.0 Å². The Hall–Kier alpha value is -2.60. The quantitative estimate of drug-likeness (QED) is 0.738. The first-order valence-corrected chi connectivity index (χ1v) is 10.5. The third-order valence-electron chi connectivity index (χ3n) is 4.67. The molecule has 0 spiro atoms. The molecule has 1 aromatic rings. The summed E-state index contributed by atoms with van der Waals surface area (Å²) >= 11 is 0. The number of nitrogens with one attached hydrogen (secondary N) is 1. The molecule has 0 unspecified atom stereocenters. The normalized spacial score (nSPS) is 16.0. The zero-order chi connectivity index (χ0) is 20.1. The number of ether oxygens (including phenoxy) is 1. The molecule has 1 aromatic carbocycles. The van der Waals surface area contributed by atoms with Gasteiger partial charge in [0.25, 0.3) is 5.91 Å². The SMILES string of the molecule is CN(C(=O)COC(=O)c1ccccc1NS(C)(=O)=O)C1(C#N)CCCCC1. The van der Waals surface area contributed by atoms with Crippen molar-refractivity contribution >= 4 is 27.6 Å². The van der Waals surface area contributed by atoms with Crippen molar-refractivity contribution in [3.8, 4) is 6.07 Å². The molecule has 0 aliphatic heterocycles. The summed E-state index contributed by atoms with van der Waals surface area (Å²) in [5.74, 6) is -1.29. The van der Waals surface area contributed by atoms with Crippen molar-refractivity contribution in [3.63, 3.8) is 0 Å². The van der Waals surface area contributed by atoms with Crippen LogP contribution in [-0.2, 0) is 19.6 Å². The minimum absolute atomic E-state index is 0.00559. The second-order valence-electron chi connectivity index (χ2n) is 6.65. The number of sulfonamides is 1. The maximum Gasteiger partial charge on any atom is 0.340 e. The van der Waals surface area contributed by atoms with E-state index in [9.17, 15) is 23.3 Å². The van der Waals surface area contributed by atoms with Crippen LogP contribution in [0.4, 0.5) is 5.69 Å². The van der Waals surface area contributed by atoms with Crippen molar-refractivity contribution in [2.75, 3.05) is 24.6 Å². The molecule has 146 valence electrons. The molecule has 1 N–H and O–H groups in total. The molecule has 1 saturated carbocycles. The summed E-state index contributed by atoms with van der Waals surface area (Å²) < 4.78 is 30.2. The first-order valence-electron chi connectivity index (χ1n) is 8.60. The summed E-state index contributed by atoms with van der Waals surface area (Å²) in [5.41, 5.74) is -0.782. The number of likely N-dealkylation sites (N-methyl/N-ethyl adjacent to an activating group) is 1. The molecule has 0 radical (unpaired) electrons. The smallest absolute Gasteiger partial charge is 0.340 e. The van der Waals surface area contributed by atoms with Crippen LogP contribution in [0.5, 0.6) is 0 Å². The highest BCUT2D eigenvalue weighted by Crippen LogP contribution is 2.32. The summed E-state index contributed by atoms with van der Waals surface area (Å²) in [6.45, 7) is -0.522. The minimum Gasteiger partial charge on any atom is -0.452 e. The molecule has 1 amide bonds. The van der Waals surface area contributed by atoms with Crippen molar-refractivity contribution in [2.45, 2.75) is 37.6 Å². The zero-order valence-corrected chi connectivity index (χ0v) is 16.2. The molecule has 0 saturated heterocycles. The van der Waals surface area contributed by atoms with Gasteiger partial charge in [0.05, 0.1) is 23.6 Å². The van der Waals surface area contributed by atoms with Crippen LogP contribution < -0.4 is 4.72 Å². The van der Waals surface area contributed by atoms with Gasteiger partial charge in [-0.15, -0.1) is 0 Å². The van der Waals surface area contributed by atoms with E-state index in [2.05, 4.69) is 10.8 Å². The summed E-state index contributed by atoms with van der Waals surface area (Å²) in [6.07, 6.45) is 4.94. The number of rotatable bonds is 6. The number of para-hydroxylation sites is 1. The number of hydrogen-bond donors (Lipinski definition) is 1. The van der Waals surface area contributed by atoms with E-state index < -0.39 is 34.0 Å². The van der Waals surface area contributed by atoms with Crippen molar-refractivity contribution in [1.82, 2.24) is 4.90 Å². The fraction of sp³-hybridized carbons (Fsp3) is 0.500. The van der Waals surface area contributed by atoms with E-state index in [4.69, 9.17) is 4.74 Å². The molecular weight excluding hydrogens is 370 g/mol. The van der Waals surface area contributed by atoms with E-state index in [0.717, 1.165) is 25.5 Å². The molecule has 2 rings (SSSR count). The highest BCUT2D eigenvalue weighted by atomic mass is 32.2. The first-order chi connectivity index (χ1) is 12.7. The second kappa shape index (κ2) is 8.39. The second-order valence-corrected chi connectivity index (χ2v) is 8.40. The molecule has 1 fully saturated rings. The summed E-state index contributed by atoms with van der Waals surface area (Å²) in [6, 6.07) is 8.21. The number of nitrogens with zero attached hydrogens (tertiary/aromatic N) is 2. The van der Waals surface area contributed by atoms with Crippen LogP contribution in [0, 0.1) is 11.3 Å². The summed E-state index contributed by atoms with van der Waals surface area (Å²) in [4.78, 5) is 26.1. The van der Waals surface area contributed by atoms with Gasteiger partial charge in [0.15, 0.2) is 6.61 Å². The fourth-order valence-corrected chi connectivity index (χ4v) is 3.73. The van der Waals surface area contributed by atoms with Crippen molar-refractivity contribution in [1.29, 1.82) is 5.26 Å². The van der Waals surface area contributed by atoms with Gasteiger partial charge in [0.2, 0.25) is 10.0 Å². The Kier molecular flexibility index (Phi) is 6.44. The van der Waals surface area contributed by atoms with Crippen molar-refractivity contribution < 1.29 is 22.7 Å². The monoisotopic (exact) mass is 393 g/mol. The van der Waals surface area contributed by atoms with Crippen LogP contribution in [0.25, 0.3) is 0 Å². The number of carbonyl (C=O) groups is 2. The molecule has 0 bridgehead atoms. The topological polar surface area (TPSA) is 117 Å². The zero-order valence-electron chi connectivity index (χ0n) is 15.4. The highest BCUT2D eigenvalue weighted by Gasteiger charge is 2.39. The number of esters is 1. The molecular formula is C18H23N3O5S. The van der Waals surface area contributed by atoms with Crippen LogP contribution in [-0.4, -0.2) is 50.6 Å². The van der Waals surface area contributed by atoms with Gasteiger partial charge in [-0.2, -0.15) is 5.26 Å². The van der Waals surface area contributed by atoms with E-state index in [1.807, 2.05) is 0 Å². The average molecular weight is 393 g/mol. The molecule has 8 nitrogen and oxygen atoms in total. The van der Waals surface area contributed by atoms with Gasteiger partial charge in [-0.3, -0.25) is 9.52 Å². The van der Waals surface area contributed by atoms with Gasteiger partial charge in [0, 0.05) is 7.05 Å². The van der Waals surface area contributed by atoms with Crippen LogP contribution in [0.1, 0.15) is 42.5 Å². The minimum atomic E-state index is -3.57. The lowest BCUT2D eigenvalue weighted by Gasteiger charge is -2.38. The third-order valence-corrected chi connectivity index (χ3v) is 5.26. The lowest BCUT2D eigenvalue weighted by Crippen LogP contribution is -2.51. The number of nitriles is 1. The number of hydrogen-bond acceptors (Lipinski definition) is 6. The van der Waals surface area contributed by atoms with Gasteiger partial charge in [-0.1, -0.05) is 31.4 Å². The van der Waals surface area contributed by atoms with Crippen molar-refractivity contribution in [3.05, 3.63) is 29.8 Å². The molecule has 27 heavy (non-hydrogen) atoms. The lowest BCUT2D eigenvalue weighted by atomic mass is 9.81. The standard InChI is InChI=1S/C18H23N3O5S/c1-21(18(13-19)10-6-3-7-11-18)16(22)12-26-17(23)14-8-4-5-9-15(14)20-27(2,24)25/h4-5,8-9,20H,3,6-7,10-12H2,1-2H3. The first kappa shape index (κ1) is 20.7. The van der Waals surface area contributed by atoms with Crippen LogP contribution in [0.2, 0.25) is 0 Å². The molecule has 0 aromatic heterocycles. The van der Waals surface area contributed by atoms with E-state index >= 15 is 0 Å². The summed E-state index contributed by atoms with van der Waals surface area (Å²) in [5, 5.41) is 9.54. The number of benzene rings is 1. The molecule has 1 aliphatic carbocycles. The van der Waals surface area contributed by atoms with E-state index in [-0.39, 0.29) is 11.3 Å². The maximum absolute atomic E-state index is 12.4. The Balaban J connectivity index is 2.05. The predicted octanol–water partition coefficient (Wildman–Crippen LogP) is 1.90. The van der Waals surface area contributed by atoms with Gasteiger partial charge >= 0.3 is 5.97 Å². The van der Waals surface area contributed by atoms with Crippen molar-refractivity contribution in [2.24, 2.45) is 0 Å². The van der Waals surface area contributed by atoms with Crippen LogP contribution >= 0.6 is 0 Å². The summed E-state index contributed by atoms with van der Waals surface area (Å²) in [7, 11) is -2.03. The molecule has 1 aliphatic rings. The molecule has 9 heteroatoms. The largest absolute Gasteiger partial charge is 0.452 e. The molecule has 0 atom stereocenters.